The van der Waals surface area contributed by atoms with Crippen molar-refractivity contribution in [1.82, 2.24) is 0 Å². The fourth-order valence-electron chi connectivity index (χ4n) is 1.12. The van der Waals surface area contributed by atoms with Gasteiger partial charge in [-0.15, -0.1) is 0 Å². The van der Waals surface area contributed by atoms with Gasteiger partial charge >= 0.3 is 0 Å². The second-order valence-electron chi connectivity index (χ2n) is 2.51. The second-order valence-corrected chi connectivity index (χ2v) is 2.51. The molecule has 1 saturated heterocycles. The van der Waals surface area contributed by atoms with Crippen molar-refractivity contribution in [2.24, 2.45) is 5.73 Å². The van der Waals surface area contributed by atoms with Gasteiger partial charge in [-0.2, -0.15) is 0 Å². The Morgan fingerprint density at radius 1 is 1.70 bits per heavy atom. The quantitative estimate of drug-likeness (QED) is 0.595. The number of nitrogens with two attached hydrogens (primary N) is 1. The first-order valence-corrected chi connectivity index (χ1v) is 3.69. The summed E-state index contributed by atoms with van der Waals surface area (Å²) in [6.07, 6.45) is 2.03. The van der Waals surface area contributed by atoms with Gasteiger partial charge in [-0.3, -0.25) is 4.79 Å². The van der Waals surface area contributed by atoms with Crippen LogP contribution in [0.1, 0.15) is 19.3 Å². The highest BCUT2D eigenvalue weighted by Crippen LogP contribution is 2.10. The molecule has 3 nitrogen and oxygen atoms in total. The molecule has 1 aliphatic rings. The van der Waals surface area contributed by atoms with Crippen LogP contribution in [-0.2, 0) is 9.53 Å². The van der Waals surface area contributed by atoms with E-state index in [1.54, 1.807) is 0 Å². The molecule has 0 aromatic rings. The lowest BCUT2D eigenvalue weighted by atomic mass is 10.1. The molecule has 58 valence electrons. The molecule has 0 aromatic carbocycles. The molecule has 0 amide bonds. The average molecular weight is 143 g/mol. The van der Waals surface area contributed by atoms with E-state index >= 15 is 0 Å². The van der Waals surface area contributed by atoms with Gasteiger partial charge in [0.15, 0.2) is 5.78 Å². The molecule has 0 bridgehead atoms. The van der Waals surface area contributed by atoms with Crippen LogP contribution in [0.2, 0.25) is 0 Å². The van der Waals surface area contributed by atoms with Crippen molar-refractivity contribution in [3.8, 4) is 0 Å². The van der Waals surface area contributed by atoms with E-state index in [0.717, 1.165) is 13.0 Å². The number of Topliss-reactive ketones (excluding diaryl/α,β-unsaturated/α-hetero) is 1. The normalized spacial score (nSPS) is 26.9. The maximum absolute atomic E-state index is 11.0. The van der Waals surface area contributed by atoms with Crippen molar-refractivity contribution in [2.45, 2.75) is 25.4 Å². The van der Waals surface area contributed by atoms with Gasteiger partial charge in [-0.05, 0) is 19.4 Å². The molecule has 3 heteroatoms. The van der Waals surface area contributed by atoms with Gasteiger partial charge in [0.2, 0.25) is 0 Å². The largest absolute Gasteiger partial charge is 0.370 e. The predicted octanol–water partition coefficient (Wildman–Crippen LogP) is 0.0833. The van der Waals surface area contributed by atoms with Gasteiger partial charge in [-0.25, -0.2) is 0 Å². The average Bonchev–Trinajstić information content (AvgIpc) is 1.94. The van der Waals surface area contributed by atoms with Crippen molar-refractivity contribution < 1.29 is 9.53 Å². The smallest absolute Gasteiger partial charge is 0.161 e. The Bertz CT molecular complexity index is 123. The summed E-state index contributed by atoms with van der Waals surface area (Å²) >= 11 is 0. The SMILES string of the molecule is NCCC1OCCCC1=O. The zero-order valence-corrected chi connectivity index (χ0v) is 6.01. The molecular weight excluding hydrogens is 130 g/mol. The van der Waals surface area contributed by atoms with Crippen molar-refractivity contribution >= 4 is 5.78 Å². The van der Waals surface area contributed by atoms with Crippen LogP contribution in [0.15, 0.2) is 0 Å². The van der Waals surface area contributed by atoms with E-state index in [1.165, 1.54) is 0 Å². The highest BCUT2D eigenvalue weighted by Gasteiger charge is 2.21. The molecule has 1 unspecified atom stereocenters. The lowest BCUT2D eigenvalue weighted by Crippen LogP contribution is -2.31. The molecule has 1 aliphatic heterocycles. The number of carbonyl (C=O) groups excluding carboxylic acids is 1. The van der Waals surface area contributed by atoms with E-state index < -0.39 is 0 Å². The summed E-state index contributed by atoms with van der Waals surface area (Å²) in [5.41, 5.74) is 5.29. The van der Waals surface area contributed by atoms with Crippen molar-refractivity contribution in [2.75, 3.05) is 13.2 Å². The van der Waals surface area contributed by atoms with Crippen LogP contribution < -0.4 is 5.73 Å². The fraction of sp³-hybridized carbons (Fsp3) is 0.857. The van der Waals surface area contributed by atoms with Crippen LogP contribution >= 0.6 is 0 Å². The number of ketones is 1. The van der Waals surface area contributed by atoms with Gasteiger partial charge in [0.1, 0.15) is 6.10 Å². The van der Waals surface area contributed by atoms with Crippen LogP contribution in [0, 0.1) is 0 Å². The maximum Gasteiger partial charge on any atom is 0.161 e. The molecule has 0 aliphatic carbocycles. The summed E-state index contributed by atoms with van der Waals surface area (Å²) in [4.78, 5) is 11.0. The monoisotopic (exact) mass is 143 g/mol. The molecule has 10 heavy (non-hydrogen) atoms. The van der Waals surface area contributed by atoms with Crippen molar-refractivity contribution in [3.05, 3.63) is 0 Å². The molecule has 0 saturated carbocycles. The van der Waals surface area contributed by atoms with Crippen molar-refractivity contribution in [3.63, 3.8) is 0 Å². The summed E-state index contributed by atoms with van der Waals surface area (Å²) < 4.78 is 5.20. The number of rotatable bonds is 2. The second kappa shape index (κ2) is 3.68. The third-order valence-corrected chi connectivity index (χ3v) is 1.67. The number of ether oxygens (including phenoxy) is 1. The van der Waals surface area contributed by atoms with E-state index in [9.17, 15) is 4.79 Å². The first-order chi connectivity index (χ1) is 4.84. The van der Waals surface area contributed by atoms with Crippen LogP contribution in [0.3, 0.4) is 0 Å². The maximum atomic E-state index is 11.0. The third-order valence-electron chi connectivity index (χ3n) is 1.67. The molecule has 1 heterocycles. The minimum atomic E-state index is -0.196. The highest BCUT2D eigenvalue weighted by atomic mass is 16.5. The number of carbonyl (C=O) groups is 1. The Morgan fingerprint density at radius 2 is 2.50 bits per heavy atom. The van der Waals surface area contributed by atoms with E-state index in [0.29, 0.717) is 19.4 Å². The molecule has 1 fully saturated rings. The molecular formula is C7H13NO2. The van der Waals surface area contributed by atoms with Crippen LogP contribution in [0.25, 0.3) is 0 Å². The Morgan fingerprint density at radius 3 is 3.10 bits per heavy atom. The first kappa shape index (κ1) is 7.69. The predicted molar refractivity (Wildman–Crippen MR) is 37.7 cm³/mol. The standard InChI is InChI=1S/C7H13NO2/c8-4-3-7-6(9)2-1-5-10-7/h7H,1-5,8H2. The van der Waals surface area contributed by atoms with Gasteiger partial charge < -0.3 is 10.5 Å². The van der Waals surface area contributed by atoms with E-state index in [4.69, 9.17) is 10.5 Å². The van der Waals surface area contributed by atoms with Crippen molar-refractivity contribution in [1.29, 1.82) is 0 Å². The summed E-state index contributed by atoms with van der Waals surface area (Å²) in [6, 6.07) is 0. The minimum Gasteiger partial charge on any atom is -0.370 e. The van der Waals surface area contributed by atoms with E-state index in [1.807, 2.05) is 0 Å². The van der Waals surface area contributed by atoms with Crippen LogP contribution in [0.5, 0.6) is 0 Å². The Hall–Kier alpha value is -0.410. The Balaban J connectivity index is 2.32. The van der Waals surface area contributed by atoms with Gasteiger partial charge in [0, 0.05) is 13.0 Å². The van der Waals surface area contributed by atoms with Crippen LogP contribution in [-0.4, -0.2) is 25.0 Å². The van der Waals surface area contributed by atoms with E-state index in [-0.39, 0.29) is 11.9 Å². The Labute approximate surface area is 60.5 Å². The third kappa shape index (κ3) is 1.78. The lowest BCUT2D eigenvalue weighted by molar-refractivity contribution is -0.135. The number of hydrogen-bond acceptors (Lipinski definition) is 3. The molecule has 2 N–H and O–H groups in total. The fourth-order valence-corrected chi connectivity index (χ4v) is 1.12. The summed E-state index contributed by atoms with van der Waals surface area (Å²) in [5, 5.41) is 0. The molecule has 1 rings (SSSR count). The van der Waals surface area contributed by atoms with Gasteiger partial charge in [0.05, 0.1) is 0 Å². The topological polar surface area (TPSA) is 52.3 Å². The zero-order chi connectivity index (χ0) is 7.40. The summed E-state index contributed by atoms with van der Waals surface area (Å²) in [5.74, 6) is 0.219. The molecule has 1 atom stereocenters. The Kier molecular flexibility index (Phi) is 2.83. The van der Waals surface area contributed by atoms with Gasteiger partial charge in [0.25, 0.3) is 0 Å². The van der Waals surface area contributed by atoms with Crippen LogP contribution in [0.4, 0.5) is 0 Å². The highest BCUT2D eigenvalue weighted by molar-refractivity contribution is 5.83. The summed E-state index contributed by atoms with van der Waals surface area (Å²) in [7, 11) is 0. The number of hydrogen-bond donors (Lipinski definition) is 1. The van der Waals surface area contributed by atoms with E-state index in [2.05, 4.69) is 0 Å². The first-order valence-electron chi connectivity index (χ1n) is 3.69. The summed E-state index contributed by atoms with van der Waals surface area (Å²) in [6.45, 7) is 1.26. The molecule has 0 aromatic heterocycles. The molecule has 0 radical (unpaired) electrons. The minimum absolute atomic E-state index is 0.196. The molecule has 0 spiro atoms. The van der Waals surface area contributed by atoms with Gasteiger partial charge in [-0.1, -0.05) is 0 Å². The zero-order valence-electron chi connectivity index (χ0n) is 6.01. The lowest BCUT2D eigenvalue weighted by Gasteiger charge is -2.20.